The molecule has 0 radical (unpaired) electrons. The Hall–Kier alpha value is -3.89. The fourth-order valence-corrected chi connectivity index (χ4v) is 4.76. The van der Waals surface area contributed by atoms with E-state index >= 15 is 0 Å². The predicted octanol–water partition coefficient (Wildman–Crippen LogP) is 4.23. The Morgan fingerprint density at radius 1 is 1.08 bits per heavy atom. The lowest BCUT2D eigenvalue weighted by Crippen LogP contribution is -2.42. The van der Waals surface area contributed by atoms with Crippen molar-refractivity contribution >= 4 is 11.9 Å². The molecule has 1 unspecified atom stereocenters. The molecule has 39 heavy (non-hydrogen) atoms. The van der Waals surface area contributed by atoms with Crippen LogP contribution in [0.15, 0.2) is 40.9 Å². The monoisotopic (exact) mass is 537 g/mol. The minimum absolute atomic E-state index is 0.0298. The van der Waals surface area contributed by atoms with Gasteiger partial charge in [0.1, 0.15) is 17.5 Å². The molecular weight excluding hydrogens is 502 g/mol. The van der Waals surface area contributed by atoms with Crippen molar-refractivity contribution in [2.45, 2.75) is 39.7 Å². The highest BCUT2D eigenvalue weighted by molar-refractivity contribution is 6.02. The third-order valence-corrected chi connectivity index (χ3v) is 6.69. The van der Waals surface area contributed by atoms with Crippen molar-refractivity contribution in [1.82, 2.24) is 15.4 Å². The number of hydrogen-bond donors (Lipinski definition) is 3. The van der Waals surface area contributed by atoms with Crippen LogP contribution in [0.3, 0.4) is 0 Å². The van der Waals surface area contributed by atoms with E-state index in [9.17, 15) is 19.8 Å². The molecule has 10 heteroatoms. The number of aromatic nitrogens is 1. The maximum atomic E-state index is 12.9. The van der Waals surface area contributed by atoms with Crippen LogP contribution >= 0.6 is 0 Å². The number of carbonyl (C=O) groups is 2. The van der Waals surface area contributed by atoms with Crippen molar-refractivity contribution in [3.05, 3.63) is 53.2 Å². The molecule has 0 aliphatic carbocycles. The predicted molar refractivity (Wildman–Crippen MR) is 145 cm³/mol. The minimum Gasteiger partial charge on any atom is -0.508 e. The van der Waals surface area contributed by atoms with Gasteiger partial charge in [-0.1, -0.05) is 43.3 Å². The number of ether oxygens (including phenoxy) is 2. The van der Waals surface area contributed by atoms with E-state index in [0.29, 0.717) is 55.1 Å². The summed E-state index contributed by atoms with van der Waals surface area (Å²) in [6.07, 6.45) is 0. The second kappa shape index (κ2) is 12.3. The number of benzene rings is 2. The second-order valence-electron chi connectivity index (χ2n) is 9.60. The fraction of sp³-hybridized carbons (Fsp3) is 0.414. The summed E-state index contributed by atoms with van der Waals surface area (Å²) in [5.41, 5.74) is 2.72. The summed E-state index contributed by atoms with van der Waals surface area (Å²) in [4.78, 5) is 27.9. The fourth-order valence-electron chi connectivity index (χ4n) is 4.76. The zero-order valence-corrected chi connectivity index (χ0v) is 22.7. The summed E-state index contributed by atoms with van der Waals surface area (Å²) < 4.78 is 16.5. The number of esters is 1. The summed E-state index contributed by atoms with van der Waals surface area (Å²) in [6.45, 7) is 10.3. The van der Waals surface area contributed by atoms with Crippen LogP contribution in [0.1, 0.15) is 61.3 Å². The van der Waals surface area contributed by atoms with Gasteiger partial charge in [0.15, 0.2) is 11.5 Å². The standard InChI is InChI=1S/C29H35N3O7/c1-5-30-28(35)25-24(27(39-31-25)21-15-20(17(3)4)22(33)16-23(21)34)18-7-9-19(10-8-18)26(29(36)38-6-2)32-11-13-37-14-12-32/h7-10,15-17,26,33-34H,5-6,11-14H2,1-4H3,(H,30,35). The summed E-state index contributed by atoms with van der Waals surface area (Å²) in [5.74, 6) is -0.837. The van der Waals surface area contributed by atoms with E-state index in [4.69, 9.17) is 14.0 Å². The zero-order valence-electron chi connectivity index (χ0n) is 22.7. The van der Waals surface area contributed by atoms with E-state index in [1.54, 1.807) is 32.0 Å². The van der Waals surface area contributed by atoms with Gasteiger partial charge in [-0.2, -0.15) is 0 Å². The molecule has 1 aromatic heterocycles. The van der Waals surface area contributed by atoms with E-state index in [2.05, 4.69) is 10.5 Å². The summed E-state index contributed by atoms with van der Waals surface area (Å²) in [7, 11) is 0. The SMILES string of the molecule is CCNC(=O)c1noc(-c2cc(C(C)C)c(O)cc2O)c1-c1ccc(C(C(=O)OCC)N2CCOCC2)cc1. The number of morpholine rings is 1. The van der Waals surface area contributed by atoms with Gasteiger partial charge in [0, 0.05) is 25.7 Å². The molecule has 4 rings (SSSR count). The van der Waals surface area contributed by atoms with Gasteiger partial charge in [0.25, 0.3) is 5.91 Å². The molecule has 2 aromatic carbocycles. The largest absolute Gasteiger partial charge is 0.508 e. The molecule has 0 saturated carbocycles. The van der Waals surface area contributed by atoms with E-state index in [-0.39, 0.29) is 41.4 Å². The first kappa shape index (κ1) is 28.1. The quantitative estimate of drug-likeness (QED) is 0.343. The molecule has 0 spiro atoms. The molecule has 1 saturated heterocycles. The van der Waals surface area contributed by atoms with Crippen LogP contribution in [0.25, 0.3) is 22.5 Å². The molecule has 3 N–H and O–H groups in total. The van der Waals surface area contributed by atoms with E-state index < -0.39 is 11.9 Å². The first-order valence-corrected chi connectivity index (χ1v) is 13.2. The van der Waals surface area contributed by atoms with Crippen LogP contribution in [-0.4, -0.2) is 71.6 Å². The number of phenols is 2. The molecule has 1 fully saturated rings. The summed E-state index contributed by atoms with van der Waals surface area (Å²) in [5, 5.41) is 27.9. The van der Waals surface area contributed by atoms with E-state index in [0.717, 1.165) is 5.56 Å². The lowest BCUT2D eigenvalue weighted by molar-refractivity contribution is -0.151. The lowest BCUT2D eigenvalue weighted by Gasteiger charge is -2.33. The van der Waals surface area contributed by atoms with Crippen LogP contribution in [0.4, 0.5) is 0 Å². The molecule has 0 bridgehead atoms. The number of carbonyl (C=O) groups excluding carboxylic acids is 2. The Morgan fingerprint density at radius 2 is 1.77 bits per heavy atom. The molecule has 2 heterocycles. The normalized spacial score (nSPS) is 14.8. The van der Waals surface area contributed by atoms with Crippen LogP contribution in [0.2, 0.25) is 0 Å². The molecule has 1 amide bonds. The van der Waals surface area contributed by atoms with Gasteiger partial charge in [0.2, 0.25) is 0 Å². The Bertz CT molecular complexity index is 1310. The average molecular weight is 538 g/mol. The maximum Gasteiger partial charge on any atom is 0.328 e. The number of nitrogens with zero attached hydrogens (tertiary/aromatic N) is 2. The highest BCUT2D eigenvalue weighted by Gasteiger charge is 2.31. The maximum absolute atomic E-state index is 12.9. The van der Waals surface area contributed by atoms with Crippen molar-refractivity contribution < 1.29 is 33.8 Å². The molecule has 10 nitrogen and oxygen atoms in total. The number of nitrogens with one attached hydrogen (secondary N) is 1. The topological polar surface area (TPSA) is 134 Å². The molecule has 208 valence electrons. The molecular formula is C29H35N3O7. The Labute approximate surface area is 227 Å². The number of amides is 1. The van der Waals surface area contributed by atoms with Gasteiger partial charge in [-0.3, -0.25) is 9.69 Å². The Balaban J connectivity index is 1.81. The van der Waals surface area contributed by atoms with Gasteiger partial charge in [-0.25, -0.2) is 4.79 Å². The van der Waals surface area contributed by atoms with Crippen molar-refractivity contribution in [3.63, 3.8) is 0 Å². The summed E-state index contributed by atoms with van der Waals surface area (Å²) in [6, 6.07) is 9.54. The first-order chi connectivity index (χ1) is 18.8. The van der Waals surface area contributed by atoms with Crippen molar-refractivity contribution in [3.8, 4) is 33.9 Å². The Kier molecular flexibility index (Phi) is 8.88. The van der Waals surface area contributed by atoms with Gasteiger partial charge in [-0.05, 0) is 42.5 Å². The second-order valence-corrected chi connectivity index (χ2v) is 9.60. The number of hydrogen-bond acceptors (Lipinski definition) is 9. The lowest BCUT2D eigenvalue weighted by atomic mass is 9.93. The number of phenolic OH excluding ortho intramolecular Hbond substituents is 2. The van der Waals surface area contributed by atoms with Gasteiger partial charge in [-0.15, -0.1) is 0 Å². The molecule has 1 atom stereocenters. The van der Waals surface area contributed by atoms with Crippen LogP contribution in [0, 0.1) is 0 Å². The van der Waals surface area contributed by atoms with Crippen LogP contribution in [0.5, 0.6) is 11.5 Å². The van der Waals surface area contributed by atoms with Crippen molar-refractivity contribution in [1.29, 1.82) is 0 Å². The number of aromatic hydroxyl groups is 2. The van der Waals surface area contributed by atoms with E-state index in [1.165, 1.54) is 6.07 Å². The van der Waals surface area contributed by atoms with Crippen molar-refractivity contribution in [2.75, 3.05) is 39.5 Å². The third-order valence-electron chi connectivity index (χ3n) is 6.69. The first-order valence-electron chi connectivity index (χ1n) is 13.2. The van der Waals surface area contributed by atoms with Crippen molar-refractivity contribution in [2.24, 2.45) is 0 Å². The van der Waals surface area contributed by atoms with Gasteiger partial charge in [0.05, 0.1) is 30.9 Å². The highest BCUT2D eigenvalue weighted by atomic mass is 16.5. The Morgan fingerprint density at radius 3 is 2.38 bits per heavy atom. The van der Waals surface area contributed by atoms with Gasteiger partial charge >= 0.3 is 5.97 Å². The zero-order chi connectivity index (χ0) is 28.1. The minimum atomic E-state index is -0.595. The van der Waals surface area contributed by atoms with Crippen LogP contribution in [-0.2, 0) is 14.3 Å². The average Bonchev–Trinajstić information content (AvgIpc) is 3.35. The third kappa shape index (κ3) is 5.91. The smallest absolute Gasteiger partial charge is 0.328 e. The molecule has 3 aromatic rings. The number of rotatable bonds is 9. The van der Waals surface area contributed by atoms with Gasteiger partial charge < -0.3 is 29.5 Å². The van der Waals surface area contributed by atoms with Crippen LogP contribution < -0.4 is 5.32 Å². The highest BCUT2D eigenvalue weighted by Crippen LogP contribution is 2.43. The van der Waals surface area contributed by atoms with E-state index in [1.807, 2.05) is 30.9 Å². The summed E-state index contributed by atoms with van der Waals surface area (Å²) >= 11 is 0. The molecule has 1 aliphatic rings. The molecule has 1 aliphatic heterocycles.